The van der Waals surface area contributed by atoms with Crippen LogP contribution in [-0.2, 0) is 11.0 Å². The molecule has 0 aliphatic rings. The summed E-state index contributed by atoms with van der Waals surface area (Å²) in [6, 6.07) is 6.80. The molecule has 0 bridgehead atoms. The topological polar surface area (TPSA) is 130 Å². The quantitative estimate of drug-likeness (QED) is 0.442. The second-order valence-corrected chi connectivity index (χ2v) is 5.01. The Morgan fingerprint density at radius 3 is 1.85 bits per heavy atom. The highest BCUT2D eigenvalue weighted by atomic mass is 19.4. The highest BCUT2D eigenvalue weighted by Crippen LogP contribution is 2.44. The number of nitro groups is 2. The summed E-state index contributed by atoms with van der Waals surface area (Å²) >= 11 is 0. The second-order valence-electron chi connectivity index (χ2n) is 5.01. The van der Waals surface area contributed by atoms with Gasteiger partial charge in [0.1, 0.15) is 0 Å². The lowest BCUT2D eigenvalue weighted by Gasteiger charge is -2.18. The number of hydrogen-bond acceptors (Lipinski definition) is 6. The van der Waals surface area contributed by atoms with Crippen molar-refractivity contribution in [2.24, 2.45) is 0 Å². The molecule has 0 aliphatic carbocycles. The highest BCUT2D eigenvalue weighted by molar-refractivity contribution is 5.95. The molecular formula is C15H7F3N4O5. The Morgan fingerprint density at radius 1 is 1.04 bits per heavy atom. The highest BCUT2D eigenvalue weighted by Gasteiger charge is 2.39. The molecule has 27 heavy (non-hydrogen) atoms. The number of alkyl halides is 3. The first kappa shape index (κ1) is 19.3. The van der Waals surface area contributed by atoms with Crippen molar-refractivity contribution in [1.82, 2.24) is 0 Å². The predicted molar refractivity (Wildman–Crippen MR) is 84.1 cm³/mol. The number of nitriles is 1. The monoisotopic (exact) mass is 380 g/mol. The van der Waals surface area contributed by atoms with Crippen molar-refractivity contribution in [2.45, 2.75) is 6.18 Å². The third-order valence-corrected chi connectivity index (χ3v) is 3.41. The van der Waals surface area contributed by atoms with E-state index in [1.165, 1.54) is 12.1 Å². The van der Waals surface area contributed by atoms with E-state index >= 15 is 0 Å². The van der Waals surface area contributed by atoms with Crippen molar-refractivity contribution in [3.8, 4) is 6.07 Å². The van der Waals surface area contributed by atoms with E-state index in [1.807, 2.05) is 0 Å². The molecule has 138 valence electrons. The molecule has 2 aromatic rings. The van der Waals surface area contributed by atoms with Crippen LogP contribution in [0.5, 0.6) is 0 Å². The molecule has 0 saturated heterocycles. The predicted octanol–water partition coefficient (Wildman–Crippen LogP) is 3.69. The van der Waals surface area contributed by atoms with Gasteiger partial charge in [-0.2, -0.15) is 18.4 Å². The summed E-state index contributed by atoms with van der Waals surface area (Å²) in [6.45, 7) is 0. The van der Waals surface area contributed by atoms with Crippen molar-refractivity contribution >= 4 is 29.2 Å². The van der Waals surface area contributed by atoms with Gasteiger partial charge in [-0.25, -0.2) is 0 Å². The number of amides is 1. The Labute approximate surface area is 148 Å². The smallest absolute Gasteiger partial charge is 0.278 e. The SMILES string of the molecule is N#Cc1ccc(N(C=O)c2c([N+](=O)[O-])cc(C(F)(F)F)cc2[N+](=O)[O-])cc1. The maximum absolute atomic E-state index is 12.9. The van der Waals surface area contributed by atoms with Crippen molar-refractivity contribution in [3.63, 3.8) is 0 Å². The van der Waals surface area contributed by atoms with Gasteiger partial charge in [-0.15, -0.1) is 0 Å². The van der Waals surface area contributed by atoms with E-state index < -0.39 is 38.6 Å². The first-order valence-electron chi connectivity index (χ1n) is 6.89. The van der Waals surface area contributed by atoms with Gasteiger partial charge in [-0.3, -0.25) is 29.9 Å². The van der Waals surface area contributed by atoms with Crippen LogP contribution >= 0.6 is 0 Å². The number of halogens is 3. The van der Waals surface area contributed by atoms with Gasteiger partial charge in [0.25, 0.3) is 0 Å². The molecule has 0 radical (unpaired) electrons. The molecule has 12 heteroatoms. The molecule has 0 saturated carbocycles. The lowest BCUT2D eigenvalue weighted by atomic mass is 10.1. The molecule has 0 heterocycles. The summed E-state index contributed by atoms with van der Waals surface area (Å²) in [5.41, 5.74) is -5.02. The van der Waals surface area contributed by atoms with Gasteiger partial charge in [-0.1, -0.05) is 0 Å². The number of benzene rings is 2. The maximum atomic E-state index is 12.9. The molecule has 0 unspecified atom stereocenters. The third kappa shape index (κ3) is 3.82. The van der Waals surface area contributed by atoms with Gasteiger partial charge in [0.2, 0.25) is 12.1 Å². The first-order chi connectivity index (χ1) is 12.6. The lowest BCUT2D eigenvalue weighted by Crippen LogP contribution is -2.18. The van der Waals surface area contributed by atoms with Crippen molar-refractivity contribution < 1.29 is 27.8 Å². The normalized spacial score (nSPS) is 10.7. The lowest BCUT2D eigenvalue weighted by molar-refractivity contribution is -0.392. The van der Waals surface area contributed by atoms with Crippen LogP contribution < -0.4 is 4.90 Å². The summed E-state index contributed by atoms with van der Waals surface area (Å²) < 4.78 is 38.8. The largest absolute Gasteiger partial charge is 0.416 e. The summed E-state index contributed by atoms with van der Waals surface area (Å²) in [5, 5.41) is 31.3. The molecule has 2 rings (SSSR count). The average molecular weight is 380 g/mol. The fraction of sp³-hybridized carbons (Fsp3) is 0.0667. The van der Waals surface area contributed by atoms with E-state index in [0.717, 1.165) is 12.1 Å². The molecule has 1 amide bonds. The van der Waals surface area contributed by atoms with E-state index in [9.17, 15) is 38.2 Å². The van der Waals surface area contributed by atoms with Crippen molar-refractivity contribution in [3.05, 3.63) is 67.8 Å². The molecule has 2 aromatic carbocycles. The molecule has 0 fully saturated rings. The fourth-order valence-electron chi connectivity index (χ4n) is 2.23. The number of nitro benzene ring substituents is 2. The van der Waals surface area contributed by atoms with Gasteiger partial charge in [-0.05, 0) is 24.3 Å². The Morgan fingerprint density at radius 2 is 1.52 bits per heavy atom. The van der Waals surface area contributed by atoms with Crippen LogP contribution in [0.3, 0.4) is 0 Å². The molecule has 9 nitrogen and oxygen atoms in total. The zero-order valence-electron chi connectivity index (χ0n) is 13.0. The van der Waals surface area contributed by atoms with Gasteiger partial charge in [0.05, 0.1) is 27.0 Å². The van der Waals surface area contributed by atoms with Crippen LogP contribution in [-0.4, -0.2) is 16.3 Å². The molecular weight excluding hydrogens is 373 g/mol. The minimum atomic E-state index is -5.07. The Bertz CT molecular complexity index is 932. The van der Waals surface area contributed by atoms with Crippen LogP contribution in [0.2, 0.25) is 0 Å². The van der Waals surface area contributed by atoms with Gasteiger partial charge in [0, 0.05) is 17.8 Å². The van der Waals surface area contributed by atoms with Crippen LogP contribution in [0.15, 0.2) is 36.4 Å². The van der Waals surface area contributed by atoms with Gasteiger partial charge < -0.3 is 0 Å². The fourth-order valence-corrected chi connectivity index (χ4v) is 2.23. The van der Waals surface area contributed by atoms with Crippen LogP contribution in [0.25, 0.3) is 0 Å². The Balaban J connectivity index is 2.82. The molecule has 0 aliphatic heterocycles. The Kier molecular flexibility index (Phi) is 5.07. The zero-order chi connectivity index (χ0) is 20.4. The number of nitrogens with zero attached hydrogens (tertiary/aromatic N) is 4. The average Bonchev–Trinajstić information content (AvgIpc) is 2.61. The number of rotatable bonds is 5. The van der Waals surface area contributed by atoms with E-state index in [-0.39, 0.29) is 29.8 Å². The summed E-state index contributed by atoms with van der Waals surface area (Å²) in [7, 11) is 0. The van der Waals surface area contributed by atoms with Crippen LogP contribution in [0.1, 0.15) is 11.1 Å². The van der Waals surface area contributed by atoms with E-state index in [1.54, 1.807) is 6.07 Å². The van der Waals surface area contributed by atoms with Gasteiger partial charge >= 0.3 is 17.6 Å². The van der Waals surface area contributed by atoms with Crippen LogP contribution in [0.4, 0.5) is 35.9 Å². The van der Waals surface area contributed by atoms with E-state index in [4.69, 9.17) is 5.26 Å². The zero-order valence-corrected chi connectivity index (χ0v) is 13.0. The number of carbonyl (C=O) groups excluding carboxylic acids is 1. The molecule has 0 atom stereocenters. The van der Waals surface area contributed by atoms with Crippen molar-refractivity contribution in [1.29, 1.82) is 5.26 Å². The molecule has 0 aromatic heterocycles. The van der Waals surface area contributed by atoms with E-state index in [2.05, 4.69) is 0 Å². The minimum absolute atomic E-state index is 0.00994. The maximum Gasteiger partial charge on any atom is 0.416 e. The van der Waals surface area contributed by atoms with E-state index in [0.29, 0.717) is 4.90 Å². The number of carbonyl (C=O) groups is 1. The van der Waals surface area contributed by atoms with Crippen LogP contribution in [0, 0.1) is 31.6 Å². The second kappa shape index (κ2) is 7.08. The van der Waals surface area contributed by atoms with Crippen molar-refractivity contribution in [2.75, 3.05) is 4.90 Å². The number of anilines is 2. The Hall–Kier alpha value is -4.01. The third-order valence-electron chi connectivity index (χ3n) is 3.41. The van der Waals surface area contributed by atoms with Gasteiger partial charge in [0.15, 0.2) is 0 Å². The summed E-state index contributed by atoms with van der Waals surface area (Å²) in [5.74, 6) is 0. The molecule has 0 N–H and O–H groups in total. The summed E-state index contributed by atoms with van der Waals surface area (Å²) in [6.07, 6.45) is -5.08. The summed E-state index contributed by atoms with van der Waals surface area (Å²) in [4.78, 5) is 32.0. The standard InChI is InChI=1S/C15H7F3N4O5/c16-15(17,18)10-5-12(21(24)25)14(13(6-10)22(26)27)20(8-23)11-3-1-9(7-19)2-4-11/h1-6,8H. The molecule has 0 spiro atoms. The number of hydrogen-bond donors (Lipinski definition) is 0. The minimum Gasteiger partial charge on any atom is -0.278 e. The first-order valence-corrected chi connectivity index (χ1v) is 6.89.